The minimum Gasteiger partial charge on any atom is -0.484 e. The zero-order chi connectivity index (χ0) is 21.2. The van der Waals surface area contributed by atoms with E-state index in [2.05, 4.69) is 21.2 Å². The van der Waals surface area contributed by atoms with E-state index >= 15 is 0 Å². The van der Waals surface area contributed by atoms with Crippen molar-refractivity contribution in [3.8, 4) is 5.75 Å². The highest BCUT2D eigenvalue weighted by Gasteiger charge is 2.29. The highest BCUT2D eigenvalue weighted by Crippen LogP contribution is 2.17. The second kappa shape index (κ2) is 11.6. The third-order valence-corrected chi connectivity index (χ3v) is 5.29. The maximum Gasteiger partial charge on any atom is 0.261 e. The number of amides is 2. The molecule has 0 aliphatic rings. The van der Waals surface area contributed by atoms with Gasteiger partial charge in [0.25, 0.3) is 5.91 Å². The molecular weight excluding hydrogens is 432 g/mol. The molecule has 0 bridgehead atoms. The Balaban J connectivity index is 2.16. The van der Waals surface area contributed by atoms with Gasteiger partial charge >= 0.3 is 0 Å². The molecule has 0 radical (unpaired) electrons. The first-order chi connectivity index (χ1) is 13.9. The molecule has 2 rings (SSSR count). The maximum absolute atomic E-state index is 13.1. The molecule has 1 N–H and O–H groups in total. The quantitative estimate of drug-likeness (QED) is 0.565. The molecule has 0 fully saturated rings. The number of hydrogen-bond donors (Lipinski definition) is 1. The zero-order valence-electron chi connectivity index (χ0n) is 17.2. The molecule has 0 aliphatic heterocycles. The van der Waals surface area contributed by atoms with Crippen molar-refractivity contribution in [2.24, 2.45) is 0 Å². The Morgan fingerprint density at radius 3 is 2.28 bits per heavy atom. The fourth-order valence-corrected chi connectivity index (χ4v) is 3.16. The number of halogens is 1. The second-order valence-electron chi connectivity index (χ2n) is 6.99. The van der Waals surface area contributed by atoms with Crippen LogP contribution in [0, 0.1) is 0 Å². The summed E-state index contributed by atoms with van der Waals surface area (Å²) in [5, 5.41) is 3.00. The molecule has 0 saturated carbocycles. The van der Waals surface area contributed by atoms with E-state index in [4.69, 9.17) is 4.74 Å². The van der Waals surface area contributed by atoms with Gasteiger partial charge in [0.2, 0.25) is 5.91 Å². The summed E-state index contributed by atoms with van der Waals surface area (Å²) in [5.74, 6) is 0.260. The van der Waals surface area contributed by atoms with Gasteiger partial charge in [-0.25, -0.2) is 0 Å². The van der Waals surface area contributed by atoms with Gasteiger partial charge in [-0.3, -0.25) is 9.59 Å². The van der Waals surface area contributed by atoms with Gasteiger partial charge in [-0.05, 0) is 49.6 Å². The van der Waals surface area contributed by atoms with Crippen molar-refractivity contribution in [2.75, 3.05) is 6.61 Å². The number of ether oxygens (including phenoxy) is 1. The Hall–Kier alpha value is -2.34. The summed E-state index contributed by atoms with van der Waals surface area (Å²) in [6, 6.07) is 16.5. The zero-order valence-corrected chi connectivity index (χ0v) is 18.8. The van der Waals surface area contributed by atoms with Crippen LogP contribution in [0.4, 0.5) is 0 Å². The topological polar surface area (TPSA) is 58.6 Å². The lowest BCUT2D eigenvalue weighted by Gasteiger charge is -2.31. The lowest BCUT2D eigenvalue weighted by molar-refractivity contribution is -0.143. The van der Waals surface area contributed by atoms with Crippen LogP contribution in [0.5, 0.6) is 5.75 Å². The molecule has 156 valence electrons. The Morgan fingerprint density at radius 2 is 1.69 bits per heavy atom. The van der Waals surface area contributed by atoms with Crippen molar-refractivity contribution in [1.82, 2.24) is 10.2 Å². The van der Waals surface area contributed by atoms with Crippen LogP contribution in [0.2, 0.25) is 0 Å². The monoisotopic (exact) mass is 460 g/mol. The fraction of sp³-hybridized carbons (Fsp3) is 0.391. The minimum atomic E-state index is -0.551. The first-order valence-corrected chi connectivity index (χ1v) is 10.8. The van der Waals surface area contributed by atoms with E-state index < -0.39 is 6.04 Å². The van der Waals surface area contributed by atoms with Crippen molar-refractivity contribution in [3.63, 3.8) is 0 Å². The number of hydrogen-bond acceptors (Lipinski definition) is 3. The molecule has 2 aromatic carbocycles. The van der Waals surface area contributed by atoms with Gasteiger partial charge in [0.05, 0.1) is 0 Å². The molecule has 6 heteroatoms. The predicted molar refractivity (Wildman–Crippen MR) is 119 cm³/mol. The number of nitrogens with zero attached hydrogens (tertiary/aromatic N) is 1. The first kappa shape index (κ1) is 22.9. The molecule has 0 saturated heterocycles. The molecule has 2 aromatic rings. The third kappa shape index (κ3) is 7.20. The smallest absolute Gasteiger partial charge is 0.261 e. The summed E-state index contributed by atoms with van der Waals surface area (Å²) in [5.41, 5.74) is 0.972. The van der Waals surface area contributed by atoms with Crippen LogP contribution in [-0.2, 0) is 16.1 Å². The van der Waals surface area contributed by atoms with Crippen molar-refractivity contribution in [1.29, 1.82) is 0 Å². The SMILES string of the molecule is CC[C@@H](C)NC(=O)[C@@H](CC)N(Cc1ccccc1)C(=O)COc1ccc(Br)cc1. The van der Waals surface area contributed by atoms with Crippen molar-refractivity contribution < 1.29 is 14.3 Å². The van der Waals surface area contributed by atoms with Crippen LogP contribution in [0.25, 0.3) is 0 Å². The number of rotatable bonds is 10. The summed E-state index contributed by atoms with van der Waals surface area (Å²) in [7, 11) is 0. The Morgan fingerprint density at radius 1 is 1.03 bits per heavy atom. The number of carbonyl (C=O) groups is 2. The Bertz CT molecular complexity index is 780. The van der Waals surface area contributed by atoms with Crippen LogP contribution in [0.3, 0.4) is 0 Å². The highest BCUT2D eigenvalue weighted by molar-refractivity contribution is 9.10. The van der Waals surface area contributed by atoms with Crippen LogP contribution < -0.4 is 10.1 Å². The molecule has 0 spiro atoms. The van der Waals surface area contributed by atoms with Gasteiger partial charge in [0.1, 0.15) is 11.8 Å². The molecule has 5 nitrogen and oxygen atoms in total. The maximum atomic E-state index is 13.1. The van der Waals surface area contributed by atoms with Crippen molar-refractivity contribution in [2.45, 2.75) is 52.2 Å². The van der Waals surface area contributed by atoms with E-state index in [1.54, 1.807) is 17.0 Å². The van der Waals surface area contributed by atoms with E-state index in [0.717, 1.165) is 16.5 Å². The molecule has 0 unspecified atom stereocenters. The summed E-state index contributed by atoms with van der Waals surface area (Å²) in [4.78, 5) is 27.5. The van der Waals surface area contributed by atoms with Gasteiger partial charge in [-0.1, -0.05) is 60.1 Å². The standard InChI is InChI=1S/C23H29BrN2O3/c1-4-17(3)25-23(28)21(5-2)26(15-18-9-7-6-8-10-18)22(27)16-29-20-13-11-19(24)12-14-20/h6-14,17,21H,4-5,15-16H2,1-3H3,(H,25,28)/t17-,21-/m1/s1. The molecule has 2 atom stereocenters. The first-order valence-electron chi connectivity index (χ1n) is 9.96. The van der Waals surface area contributed by atoms with E-state index in [9.17, 15) is 9.59 Å². The second-order valence-corrected chi connectivity index (χ2v) is 7.91. The molecular formula is C23H29BrN2O3. The number of benzene rings is 2. The lowest BCUT2D eigenvalue weighted by Crippen LogP contribution is -2.51. The van der Waals surface area contributed by atoms with E-state index in [-0.39, 0.29) is 24.5 Å². The van der Waals surface area contributed by atoms with Crippen LogP contribution in [0.15, 0.2) is 59.1 Å². The summed E-state index contributed by atoms with van der Waals surface area (Å²) < 4.78 is 6.61. The molecule has 0 aromatic heterocycles. The third-order valence-electron chi connectivity index (χ3n) is 4.76. The van der Waals surface area contributed by atoms with E-state index in [0.29, 0.717) is 18.7 Å². The van der Waals surface area contributed by atoms with Gasteiger partial charge in [0.15, 0.2) is 6.61 Å². The highest BCUT2D eigenvalue weighted by atomic mass is 79.9. The van der Waals surface area contributed by atoms with E-state index in [1.807, 2.05) is 63.2 Å². The van der Waals surface area contributed by atoms with Crippen LogP contribution in [-0.4, -0.2) is 35.4 Å². The number of carbonyl (C=O) groups excluding carboxylic acids is 2. The van der Waals surface area contributed by atoms with Crippen LogP contribution >= 0.6 is 15.9 Å². The fourth-order valence-electron chi connectivity index (χ4n) is 2.90. The van der Waals surface area contributed by atoms with Gasteiger partial charge in [-0.15, -0.1) is 0 Å². The van der Waals surface area contributed by atoms with Crippen LogP contribution in [0.1, 0.15) is 39.2 Å². The van der Waals surface area contributed by atoms with Crippen molar-refractivity contribution >= 4 is 27.7 Å². The lowest BCUT2D eigenvalue weighted by atomic mass is 10.1. The normalized spacial score (nSPS) is 12.7. The Kier molecular flexibility index (Phi) is 9.19. The Labute approximate surface area is 181 Å². The number of nitrogens with one attached hydrogen (secondary N) is 1. The molecule has 2 amide bonds. The van der Waals surface area contributed by atoms with Gasteiger partial charge in [-0.2, -0.15) is 0 Å². The van der Waals surface area contributed by atoms with Crippen molar-refractivity contribution in [3.05, 3.63) is 64.6 Å². The molecule has 0 aliphatic carbocycles. The summed E-state index contributed by atoms with van der Waals surface area (Å²) in [6.45, 7) is 6.13. The average molecular weight is 461 g/mol. The average Bonchev–Trinajstić information content (AvgIpc) is 2.73. The van der Waals surface area contributed by atoms with Gasteiger partial charge < -0.3 is 15.0 Å². The minimum absolute atomic E-state index is 0.0595. The predicted octanol–water partition coefficient (Wildman–Crippen LogP) is 4.55. The molecule has 29 heavy (non-hydrogen) atoms. The molecule has 0 heterocycles. The van der Waals surface area contributed by atoms with Gasteiger partial charge in [0, 0.05) is 17.1 Å². The van der Waals surface area contributed by atoms with E-state index in [1.165, 1.54) is 0 Å². The summed E-state index contributed by atoms with van der Waals surface area (Å²) in [6.07, 6.45) is 1.36. The largest absolute Gasteiger partial charge is 0.484 e. The summed E-state index contributed by atoms with van der Waals surface area (Å²) >= 11 is 3.38.